The fraction of sp³-hybridized carbons (Fsp3) is 0.367. The predicted octanol–water partition coefficient (Wildman–Crippen LogP) is 6.42. The second-order valence-electron chi connectivity index (χ2n) is 10.6. The summed E-state index contributed by atoms with van der Waals surface area (Å²) in [6, 6.07) is 9.66. The maximum absolute atomic E-state index is 13.4. The maximum atomic E-state index is 13.4. The number of aromatic nitrogens is 3. The molecule has 1 fully saturated rings. The second-order valence-corrected chi connectivity index (χ2v) is 12.2. The first-order valence-electron chi connectivity index (χ1n) is 14.0. The van der Waals surface area contributed by atoms with Crippen molar-refractivity contribution in [2.75, 3.05) is 18.5 Å². The Morgan fingerprint density at radius 3 is 2.38 bits per heavy atom. The molecule has 3 heterocycles. The first kappa shape index (κ1) is 33.9. The molecule has 45 heavy (non-hydrogen) atoms. The van der Waals surface area contributed by atoms with Crippen LogP contribution in [0.4, 0.5) is 18.3 Å². The number of benzene rings is 2. The number of alkyl halides is 3. The zero-order chi connectivity index (χ0) is 32.9. The molecule has 4 aromatic rings. The Morgan fingerprint density at radius 1 is 1.11 bits per heavy atom. The van der Waals surface area contributed by atoms with Gasteiger partial charge in [0.05, 0.1) is 28.3 Å². The summed E-state index contributed by atoms with van der Waals surface area (Å²) in [4.78, 5) is 38.4. The smallest absolute Gasteiger partial charge is 0.490 e. The lowest BCUT2D eigenvalue weighted by Crippen LogP contribution is -2.35. The number of amides is 1. The number of nitrogens with one attached hydrogen (secondary N) is 3. The number of carbonyl (C=O) groups excluding carboxylic acids is 1. The molecule has 0 saturated carbocycles. The van der Waals surface area contributed by atoms with E-state index < -0.39 is 18.1 Å². The summed E-state index contributed by atoms with van der Waals surface area (Å²) < 4.78 is 38.1. The highest BCUT2D eigenvalue weighted by Crippen LogP contribution is 2.37. The number of hydrogen-bond donors (Lipinski definition) is 4. The molecule has 0 aliphatic carbocycles. The standard InChI is InChI=1S/C28H30ClN5O3S.C2HF3O2/c1-15-10-16(2)12-18(11-15)24-25(37-9-7-19-6-4-5-8-30-19)21-13-20(22(29)14-23(21)31-27(24)36)26(35)32-28-34-33-17(3)38-28;3-2(4,5)1(6)7/h10-14,19,30H,4-9H2,1-3H3,(H,31,36)(H,32,34,35);(H,6,7). The van der Waals surface area contributed by atoms with E-state index >= 15 is 0 Å². The number of anilines is 1. The Kier molecular flexibility index (Phi) is 10.8. The molecule has 1 amide bonds. The van der Waals surface area contributed by atoms with Gasteiger partial charge in [-0.3, -0.25) is 14.9 Å². The molecule has 15 heteroatoms. The highest BCUT2D eigenvalue weighted by atomic mass is 35.5. The number of ether oxygens (including phenoxy) is 1. The number of hydrogen-bond acceptors (Lipinski definition) is 8. The molecule has 0 radical (unpaired) electrons. The summed E-state index contributed by atoms with van der Waals surface area (Å²) in [5, 5.41) is 23.3. The van der Waals surface area contributed by atoms with E-state index in [1.54, 1.807) is 12.1 Å². The molecule has 1 saturated heterocycles. The van der Waals surface area contributed by atoms with E-state index in [1.165, 1.54) is 24.2 Å². The van der Waals surface area contributed by atoms with E-state index in [2.05, 4.69) is 31.9 Å². The summed E-state index contributed by atoms with van der Waals surface area (Å²) >= 11 is 7.79. The number of carbonyl (C=O) groups is 2. The SMILES string of the molecule is Cc1cc(C)cc(-c2c(OCCC3CCCCN3)c3cc(C(=O)Nc4nnc(C)s4)c(Cl)cc3[nH]c2=O)c1.O=C(O)C(F)(F)F. The lowest BCUT2D eigenvalue weighted by Gasteiger charge is -2.24. The number of nitrogens with zero attached hydrogens (tertiary/aromatic N) is 2. The van der Waals surface area contributed by atoms with E-state index in [1.807, 2.05) is 32.9 Å². The van der Waals surface area contributed by atoms with Crippen LogP contribution in [0.25, 0.3) is 22.0 Å². The zero-order valence-electron chi connectivity index (χ0n) is 24.6. The van der Waals surface area contributed by atoms with Crippen LogP contribution < -0.4 is 20.9 Å². The molecular formula is C30H31ClF3N5O5S. The number of halogens is 4. The average Bonchev–Trinajstić information content (AvgIpc) is 3.36. The van der Waals surface area contributed by atoms with Crippen molar-refractivity contribution in [1.82, 2.24) is 20.5 Å². The summed E-state index contributed by atoms with van der Waals surface area (Å²) in [7, 11) is 0. The summed E-state index contributed by atoms with van der Waals surface area (Å²) in [6.07, 6.45) is -0.772. The van der Waals surface area contributed by atoms with Gasteiger partial charge in [-0.2, -0.15) is 13.2 Å². The van der Waals surface area contributed by atoms with Gasteiger partial charge < -0.3 is 20.1 Å². The number of H-pyrrole nitrogens is 1. The van der Waals surface area contributed by atoms with Gasteiger partial charge in [-0.15, -0.1) is 10.2 Å². The Labute approximate surface area is 265 Å². The third-order valence-electron chi connectivity index (χ3n) is 6.92. The Bertz CT molecular complexity index is 1750. The molecule has 1 aliphatic rings. The number of carboxylic acid groups (broad SMARTS) is 1. The van der Waals surface area contributed by atoms with Crippen molar-refractivity contribution in [3.63, 3.8) is 0 Å². The molecule has 2 aromatic carbocycles. The van der Waals surface area contributed by atoms with Crippen molar-refractivity contribution in [2.45, 2.75) is 58.7 Å². The number of fused-ring (bicyclic) bond motifs is 1. The normalized spacial score (nSPS) is 14.9. The van der Waals surface area contributed by atoms with E-state index in [-0.39, 0.29) is 16.1 Å². The Morgan fingerprint density at radius 2 is 1.80 bits per heavy atom. The zero-order valence-corrected chi connectivity index (χ0v) is 26.2. The van der Waals surface area contributed by atoms with Gasteiger partial charge >= 0.3 is 12.1 Å². The van der Waals surface area contributed by atoms with Gasteiger partial charge in [0.25, 0.3) is 11.5 Å². The fourth-order valence-electron chi connectivity index (χ4n) is 4.98. The molecule has 5 rings (SSSR count). The fourth-order valence-corrected chi connectivity index (χ4v) is 5.81. The van der Waals surface area contributed by atoms with Crippen LogP contribution >= 0.6 is 22.9 Å². The van der Waals surface area contributed by atoms with Gasteiger partial charge in [0.2, 0.25) is 5.13 Å². The summed E-state index contributed by atoms with van der Waals surface area (Å²) in [5.74, 6) is -2.72. The summed E-state index contributed by atoms with van der Waals surface area (Å²) in [5.41, 5.74) is 3.77. The van der Waals surface area contributed by atoms with Crippen LogP contribution in [0.1, 0.15) is 52.2 Å². The first-order valence-corrected chi connectivity index (χ1v) is 15.2. The van der Waals surface area contributed by atoms with Crippen molar-refractivity contribution < 1.29 is 32.6 Å². The van der Waals surface area contributed by atoms with Gasteiger partial charge in [0.1, 0.15) is 10.8 Å². The van der Waals surface area contributed by atoms with Crippen LogP contribution in [0.15, 0.2) is 35.1 Å². The average molecular weight is 666 g/mol. The molecule has 1 aliphatic heterocycles. The minimum Gasteiger partial charge on any atom is -0.492 e. The number of aromatic amines is 1. The minimum atomic E-state index is -5.08. The number of aryl methyl sites for hydroxylation is 3. The number of pyridine rings is 1. The topological polar surface area (TPSA) is 146 Å². The van der Waals surface area contributed by atoms with Crippen molar-refractivity contribution in [2.24, 2.45) is 0 Å². The largest absolute Gasteiger partial charge is 0.492 e. The third kappa shape index (κ3) is 8.80. The number of carboxylic acids is 1. The van der Waals surface area contributed by atoms with Crippen molar-refractivity contribution >= 4 is 50.8 Å². The number of rotatable bonds is 7. The molecule has 4 N–H and O–H groups in total. The molecule has 0 bridgehead atoms. The van der Waals surface area contributed by atoms with E-state index in [0.29, 0.717) is 40.0 Å². The van der Waals surface area contributed by atoms with Crippen molar-refractivity contribution in [1.29, 1.82) is 0 Å². The molecule has 2 aromatic heterocycles. The van der Waals surface area contributed by atoms with Crippen LogP contribution in [0.3, 0.4) is 0 Å². The van der Waals surface area contributed by atoms with E-state index in [0.717, 1.165) is 41.1 Å². The number of aliphatic carboxylic acids is 1. The van der Waals surface area contributed by atoms with Crippen molar-refractivity contribution in [3.05, 3.63) is 67.4 Å². The predicted molar refractivity (Wildman–Crippen MR) is 167 cm³/mol. The molecular weight excluding hydrogens is 635 g/mol. The van der Waals surface area contributed by atoms with Crippen LogP contribution in [0.2, 0.25) is 5.02 Å². The maximum Gasteiger partial charge on any atom is 0.490 e. The highest BCUT2D eigenvalue weighted by molar-refractivity contribution is 7.15. The van der Waals surface area contributed by atoms with E-state index in [4.69, 9.17) is 26.2 Å². The highest BCUT2D eigenvalue weighted by Gasteiger charge is 2.38. The minimum absolute atomic E-state index is 0.211. The quantitative estimate of drug-likeness (QED) is 0.177. The van der Waals surface area contributed by atoms with Crippen molar-refractivity contribution in [3.8, 4) is 16.9 Å². The molecule has 0 spiro atoms. The van der Waals surface area contributed by atoms with Gasteiger partial charge in [0.15, 0.2) is 0 Å². The Hall–Kier alpha value is -4.01. The Balaban J connectivity index is 0.000000591. The van der Waals surface area contributed by atoms with E-state index in [9.17, 15) is 22.8 Å². The lowest BCUT2D eigenvalue weighted by molar-refractivity contribution is -0.192. The third-order valence-corrected chi connectivity index (χ3v) is 7.99. The number of piperidine rings is 1. The van der Waals surface area contributed by atoms with Crippen LogP contribution in [0, 0.1) is 20.8 Å². The molecule has 10 nitrogen and oxygen atoms in total. The van der Waals surface area contributed by atoms with Gasteiger partial charge in [-0.25, -0.2) is 4.79 Å². The van der Waals surface area contributed by atoms with Crippen LogP contribution in [-0.4, -0.2) is 57.5 Å². The second kappa shape index (κ2) is 14.4. The molecule has 1 atom stereocenters. The van der Waals surface area contributed by atoms with Gasteiger partial charge in [-0.1, -0.05) is 58.7 Å². The summed E-state index contributed by atoms with van der Waals surface area (Å²) in [6.45, 7) is 7.25. The molecule has 240 valence electrons. The monoisotopic (exact) mass is 665 g/mol. The van der Waals surface area contributed by atoms with Crippen LogP contribution in [0.5, 0.6) is 5.75 Å². The van der Waals surface area contributed by atoms with Crippen LogP contribution in [-0.2, 0) is 4.79 Å². The van der Waals surface area contributed by atoms with Gasteiger partial charge in [-0.05, 0) is 64.3 Å². The molecule has 1 unspecified atom stereocenters. The van der Waals surface area contributed by atoms with Gasteiger partial charge in [0, 0.05) is 11.4 Å². The first-order chi connectivity index (χ1) is 21.2. The lowest BCUT2D eigenvalue weighted by atomic mass is 9.98.